The predicted molar refractivity (Wildman–Crippen MR) is 71.2 cm³/mol. The van der Waals surface area contributed by atoms with Gasteiger partial charge in [-0.3, -0.25) is 10.1 Å². The van der Waals surface area contributed by atoms with Crippen molar-refractivity contribution in [1.29, 1.82) is 5.26 Å². The zero-order valence-corrected chi connectivity index (χ0v) is 11.3. The van der Waals surface area contributed by atoms with Crippen molar-refractivity contribution in [3.05, 3.63) is 27.9 Å². The molecule has 1 unspecified atom stereocenters. The van der Waals surface area contributed by atoms with Crippen molar-refractivity contribution in [1.82, 2.24) is 4.98 Å². The average molecular weight is 280 g/mol. The van der Waals surface area contributed by atoms with E-state index >= 15 is 0 Å². The largest absolute Gasteiger partial charge is 0.388 e. The molecule has 0 amide bonds. The SMILES string of the molecule is COCCC(C)(O)CNc1ncc(C#N)cc1[N+](=O)[O-]. The Bertz CT molecular complexity index is 525. The summed E-state index contributed by atoms with van der Waals surface area (Å²) in [6.45, 7) is 2.04. The van der Waals surface area contributed by atoms with Gasteiger partial charge in [-0.15, -0.1) is 0 Å². The zero-order valence-electron chi connectivity index (χ0n) is 11.3. The molecule has 8 heteroatoms. The quantitative estimate of drug-likeness (QED) is 0.565. The van der Waals surface area contributed by atoms with Crippen LogP contribution in [-0.4, -0.2) is 40.9 Å². The van der Waals surface area contributed by atoms with E-state index < -0.39 is 10.5 Å². The zero-order chi connectivity index (χ0) is 15.2. The van der Waals surface area contributed by atoms with Gasteiger partial charge < -0.3 is 15.2 Å². The minimum absolute atomic E-state index is 0.0201. The summed E-state index contributed by atoms with van der Waals surface area (Å²) >= 11 is 0. The molecule has 1 atom stereocenters. The molecule has 0 aliphatic carbocycles. The summed E-state index contributed by atoms with van der Waals surface area (Å²) in [4.78, 5) is 14.1. The van der Waals surface area contributed by atoms with Gasteiger partial charge in [0.25, 0.3) is 0 Å². The highest BCUT2D eigenvalue weighted by atomic mass is 16.6. The number of pyridine rings is 1. The van der Waals surface area contributed by atoms with Gasteiger partial charge in [-0.25, -0.2) is 4.98 Å². The number of nitro groups is 1. The summed E-state index contributed by atoms with van der Waals surface area (Å²) in [5.74, 6) is 0.0201. The normalized spacial score (nSPS) is 13.3. The number of anilines is 1. The molecule has 0 spiro atoms. The summed E-state index contributed by atoms with van der Waals surface area (Å²) in [6, 6.07) is 2.93. The lowest BCUT2D eigenvalue weighted by Gasteiger charge is -2.23. The molecular weight excluding hydrogens is 264 g/mol. The molecule has 1 rings (SSSR count). The van der Waals surface area contributed by atoms with E-state index in [0.717, 1.165) is 6.07 Å². The van der Waals surface area contributed by atoms with Crippen LogP contribution < -0.4 is 5.32 Å². The van der Waals surface area contributed by atoms with Crippen molar-refractivity contribution >= 4 is 11.5 Å². The third-order valence-electron chi connectivity index (χ3n) is 2.67. The van der Waals surface area contributed by atoms with E-state index in [1.54, 1.807) is 13.0 Å². The topological polar surface area (TPSA) is 121 Å². The Morgan fingerprint density at radius 3 is 2.95 bits per heavy atom. The minimum atomic E-state index is -1.08. The third-order valence-corrected chi connectivity index (χ3v) is 2.67. The Hall–Kier alpha value is -2.24. The number of methoxy groups -OCH3 is 1. The highest BCUT2D eigenvalue weighted by Gasteiger charge is 2.23. The number of hydrogen-bond acceptors (Lipinski definition) is 7. The molecule has 0 aromatic carbocycles. The van der Waals surface area contributed by atoms with Crippen LogP contribution in [0.4, 0.5) is 11.5 Å². The maximum Gasteiger partial charge on any atom is 0.312 e. The van der Waals surface area contributed by atoms with E-state index in [-0.39, 0.29) is 23.6 Å². The second kappa shape index (κ2) is 6.79. The first kappa shape index (κ1) is 15.8. The third kappa shape index (κ3) is 4.46. The number of rotatable bonds is 7. The van der Waals surface area contributed by atoms with Gasteiger partial charge in [-0.05, 0) is 6.92 Å². The standard InChI is InChI=1S/C12H16N4O4/c1-12(17,3-4-20-2)8-15-11-10(16(18)19)5-9(6-13)7-14-11/h5,7,17H,3-4,8H2,1-2H3,(H,14,15). The molecule has 8 nitrogen and oxygen atoms in total. The molecule has 1 aromatic heterocycles. The Morgan fingerprint density at radius 1 is 1.70 bits per heavy atom. The lowest BCUT2D eigenvalue weighted by Crippen LogP contribution is -2.35. The van der Waals surface area contributed by atoms with Crippen molar-refractivity contribution in [2.45, 2.75) is 18.9 Å². The monoisotopic (exact) mass is 280 g/mol. The predicted octanol–water partition coefficient (Wildman–Crippen LogP) is 1.06. The summed E-state index contributed by atoms with van der Waals surface area (Å²) in [5.41, 5.74) is -1.28. The molecule has 0 radical (unpaired) electrons. The number of hydrogen-bond donors (Lipinski definition) is 2. The van der Waals surface area contributed by atoms with Gasteiger partial charge >= 0.3 is 5.69 Å². The second-order valence-corrected chi connectivity index (χ2v) is 4.55. The molecular formula is C12H16N4O4. The Labute approximate surface area is 116 Å². The van der Waals surface area contributed by atoms with Gasteiger partial charge in [0.15, 0.2) is 0 Å². The minimum Gasteiger partial charge on any atom is -0.388 e. The van der Waals surface area contributed by atoms with Gasteiger partial charge in [0.05, 0.1) is 16.1 Å². The van der Waals surface area contributed by atoms with Crippen LogP contribution in [0, 0.1) is 21.4 Å². The van der Waals surface area contributed by atoms with Crippen LogP contribution in [0.3, 0.4) is 0 Å². The van der Waals surface area contributed by atoms with E-state index in [0.29, 0.717) is 13.0 Å². The van der Waals surface area contributed by atoms with Crippen LogP contribution in [-0.2, 0) is 4.74 Å². The first-order valence-electron chi connectivity index (χ1n) is 5.89. The Balaban J connectivity index is 2.82. The maximum atomic E-state index is 10.9. The van der Waals surface area contributed by atoms with Crippen LogP contribution >= 0.6 is 0 Å². The van der Waals surface area contributed by atoms with E-state index in [1.807, 2.05) is 0 Å². The molecule has 1 heterocycles. The molecule has 0 fully saturated rings. The second-order valence-electron chi connectivity index (χ2n) is 4.55. The summed E-state index contributed by atoms with van der Waals surface area (Å²) in [5, 5.41) is 32.4. The van der Waals surface area contributed by atoms with E-state index in [1.165, 1.54) is 13.3 Å². The fourth-order valence-electron chi connectivity index (χ4n) is 1.47. The number of nitriles is 1. The maximum absolute atomic E-state index is 10.9. The molecule has 0 bridgehead atoms. The van der Waals surface area contributed by atoms with Crippen LogP contribution in [0.5, 0.6) is 0 Å². The molecule has 0 saturated carbocycles. The molecule has 108 valence electrons. The van der Waals surface area contributed by atoms with E-state index in [4.69, 9.17) is 10.00 Å². The molecule has 2 N–H and O–H groups in total. The average Bonchev–Trinajstić information content (AvgIpc) is 2.42. The smallest absolute Gasteiger partial charge is 0.312 e. The fourth-order valence-corrected chi connectivity index (χ4v) is 1.47. The highest BCUT2D eigenvalue weighted by molar-refractivity contribution is 5.58. The molecule has 1 aromatic rings. The number of aliphatic hydroxyl groups is 1. The van der Waals surface area contributed by atoms with Gasteiger partial charge in [-0.2, -0.15) is 5.26 Å². The van der Waals surface area contributed by atoms with Crippen LogP contribution in [0.15, 0.2) is 12.3 Å². The van der Waals surface area contributed by atoms with Gasteiger partial charge in [0.2, 0.25) is 5.82 Å². The Morgan fingerprint density at radius 2 is 2.40 bits per heavy atom. The van der Waals surface area contributed by atoms with E-state index in [9.17, 15) is 15.2 Å². The van der Waals surface area contributed by atoms with Crippen LogP contribution in [0.1, 0.15) is 18.9 Å². The van der Waals surface area contributed by atoms with Crippen molar-refractivity contribution in [3.8, 4) is 6.07 Å². The first-order chi connectivity index (χ1) is 9.39. The van der Waals surface area contributed by atoms with Crippen LogP contribution in [0.25, 0.3) is 0 Å². The van der Waals surface area contributed by atoms with Crippen molar-refractivity contribution in [3.63, 3.8) is 0 Å². The van der Waals surface area contributed by atoms with E-state index in [2.05, 4.69) is 10.3 Å². The number of ether oxygens (including phenoxy) is 1. The van der Waals surface area contributed by atoms with Crippen molar-refractivity contribution in [2.24, 2.45) is 0 Å². The van der Waals surface area contributed by atoms with Crippen molar-refractivity contribution in [2.75, 3.05) is 25.6 Å². The van der Waals surface area contributed by atoms with Crippen molar-refractivity contribution < 1.29 is 14.8 Å². The number of nitrogens with zero attached hydrogens (tertiary/aromatic N) is 3. The number of nitrogens with one attached hydrogen (secondary N) is 1. The summed E-state index contributed by atoms with van der Waals surface area (Å²) in [7, 11) is 1.52. The first-order valence-corrected chi connectivity index (χ1v) is 5.89. The van der Waals surface area contributed by atoms with Gasteiger partial charge in [0.1, 0.15) is 6.07 Å². The molecule has 0 saturated heterocycles. The Kier molecular flexibility index (Phi) is 5.37. The molecule has 0 aliphatic heterocycles. The molecule has 20 heavy (non-hydrogen) atoms. The number of aromatic nitrogens is 1. The summed E-state index contributed by atoms with van der Waals surface area (Å²) < 4.78 is 4.87. The molecule has 0 aliphatic rings. The van der Waals surface area contributed by atoms with Gasteiger partial charge in [-0.1, -0.05) is 0 Å². The fraction of sp³-hybridized carbons (Fsp3) is 0.500. The van der Waals surface area contributed by atoms with Gasteiger partial charge in [0, 0.05) is 38.9 Å². The lowest BCUT2D eigenvalue weighted by molar-refractivity contribution is -0.384. The van der Waals surface area contributed by atoms with Crippen LogP contribution in [0.2, 0.25) is 0 Å². The highest BCUT2D eigenvalue weighted by Crippen LogP contribution is 2.23. The summed E-state index contributed by atoms with van der Waals surface area (Å²) in [6.07, 6.45) is 1.61. The lowest BCUT2D eigenvalue weighted by atomic mass is 10.0.